The summed E-state index contributed by atoms with van der Waals surface area (Å²) in [5.41, 5.74) is 2.24. The molecule has 2 unspecified atom stereocenters. The number of anilines is 1. The van der Waals surface area contributed by atoms with E-state index in [-0.39, 0.29) is 17.4 Å². The van der Waals surface area contributed by atoms with Crippen molar-refractivity contribution in [3.63, 3.8) is 0 Å². The average molecular weight is 358 g/mol. The molecule has 2 aromatic rings. The predicted molar refractivity (Wildman–Crippen MR) is 85.2 cm³/mol. The molecular formula is C17H12BrNO3. The largest absolute Gasteiger partial charge is 0.478 e. The van der Waals surface area contributed by atoms with Crippen molar-refractivity contribution in [3.8, 4) is 0 Å². The molecule has 0 saturated heterocycles. The highest BCUT2D eigenvalue weighted by molar-refractivity contribution is 9.10. The first-order valence-electron chi connectivity index (χ1n) is 6.97. The van der Waals surface area contributed by atoms with Gasteiger partial charge in [0, 0.05) is 16.1 Å². The quantitative estimate of drug-likeness (QED) is 0.863. The highest BCUT2D eigenvalue weighted by Gasteiger charge is 2.65. The Bertz CT molecular complexity index is 832. The van der Waals surface area contributed by atoms with E-state index >= 15 is 0 Å². The van der Waals surface area contributed by atoms with Gasteiger partial charge >= 0.3 is 5.97 Å². The van der Waals surface area contributed by atoms with E-state index in [1.165, 1.54) is 6.07 Å². The highest BCUT2D eigenvalue weighted by atomic mass is 79.9. The minimum absolute atomic E-state index is 0.0324. The second-order valence-corrected chi connectivity index (χ2v) is 6.72. The highest BCUT2D eigenvalue weighted by Crippen LogP contribution is 2.65. The predicted octanol–water partition coefficient (Wildman–Crippen LogP) is 3.52. The summed E-state index contributed by atoms with van der Waals surface area (Å²) in [6, 6.07) is 12.8. The van der Waals surface area contributed by atoms with Crippen LogP contribution in [-0.2, 0) is 10.2 Å². The van der Waals surface area contributed by atoms with Crippen LogP contribution in [0.5, 0.6) is 0 Å². The van der Waals surface area contributed by atoms with E-state index in [2.05, 4.69) is 21.2 Å². The molecule has 0 bridgehead atoms. The van der Waals surface area contributed by atoms with Crippen LogP contribution in [-0.4, -0.2) is 17.0 Å². The number of carbonyl (C=O) groups is 2. The zero-order chi connectivity index (χ0) is 15.5. The summed E-state index contributed by atoms with van der Waals surface area (Å²) in [6.45, 7) is 0. The number of fused-ring (bicyclic) bond motifs is 2. The lowest BCUT2D eigenvalue weighted by atomic mass is 9.91. The van der Waals surface area contributed by atoms with Crippen LogP contribution in [0.1, 0.15) is 33.8 Å². The molecule has 0 aromatic heterocycles. The molecule has 1 aliphatic heterocycles. The van der Waals surface area contributed by atoms with Crippen molar-refractivity contribution in [2.24, 2.45) is 0 Å². The Labute approximate surface area is 135 Å². The summed E-state index contributed by atoms with van der Waals surface area (Å²) in [5.74, 6) is -0.915. The van der Waals surface area contributed by atoms with Crippen LogP contribution in [0.25, 0.3) is 0 Å². The fraction of sp³-hybridized carbons (Fsp3) is 0.176. The molecule has 1 spiro atoms. The van der Waals surface area contributed by atoms with E-state index in [9.17, 15) is 14.7 Å². The Morgan fingerprint density at radius 3 is 2.82 bits per heavy atom. The molecule has 110 valence electrons. The summed E-state index contributed by atoms with van der Waals surface area (Å²) >= 11 is 3.45. The van der Waals surface area contributed by atoms with Crippen molar-refractivity contribution in [1.29, 1.82) is 0 Å². The van der Waals surface area contributed by atoms with E-state index in [0.29, 0.717) is 6.42 Å². The lowest BCUT2D eigenvalue weighted by Gasteiger charge is -2.09. The zero-order valence-electron chi connectivity index (χ0n) is 11.5. The lowest BCUT2D eigenvalue weighted by Crippen LogP contribution is -2.21. The van der Waals surface area contributed by atoms with Crippen LogP contribution >= 0.6 is 15.9 Å². The first-order chi connectivity index (χ1) is 10.5. The van der Waals surface area contributed by atoms with Crippen LogP contribution in [0.15, 0.2) is 46.9 Å². The molecule has 4 nitrogen and oxygen atoms in total. The Kier molecular flexibility index (Phi) is 2.72. The van der Waals surface area contributed by atoms with Gasteiger partial charge in [-0.15, -0.1) is 0 Å². The summed E-state index contributed by atoms with van der Waals surface area (Å²) in [5, 5.41) is 12.1. The standard InChI is InChI=1S/C17H12BrNO3/c18-11-3-1-2-9(6-11)13-8-17(13)12-7-10(15(20)21)4-5-14(12)19-16(17)22/h1-7,13H,8H2,(H,19,22)(H,20,21). The Morgan fingerprint density at radius 2 is 2.09 bits per heavy atom. The Morgan fingerprint density at radius 1 is 1.27 bits per heavy atom. The molecule has 2 atom stereocenters. The third-order valence-corrected chi connectivity index (χ3v) is 5.11. The fourth-order valence-corrected chi connectivity index (χ4v) is 3.87. The molecule has 2 aliphatic rings. The number of halogens is 1. The van der Waals surface area contributed by atoms with Crippen LogP contribution < -0.4 is 5.32 Å². The lowest BCUT2D eigenvalue weighted by molar-refractivity contribution is -0.118. The van der Waals surface area contributed by atoms with Crippen LogP contribution in [0.4, 0.5) is 5.69 Å². The van der Waals surface area contributed by atoms with Gasteiger partial charge in [-0.05, 0) is 47.9 Å². The molecular weight excluding hydrogens is 346 g/mol. The van der Waals surface area contributed by atoms with Gasteiger partial charge in [-0.3, -0.25) is 4.79 Å². The normalized spacial score (nSPS) is 25.0. The first-order valence-corrected chi connectivity index (χ1v) is 7.76. The monoisotopic (exact) mass is 357 g/mol. The first kappa shape index (κ1) is 13.5. The molecule has 1 amide bonds. The number of hydrogen-bond donors (Lipinski definition) is 2. The van der Waals surface area contributed by atoms with Crippen molar-refractivity contribution in [2.45, 2.75) is 17.8 Å². The van der Waals surface area contributed by atoms with Crippen molar-refractivity contribution < 1.29 is 14.7 Å². The Hall–Kier alpha value is -2.14. The molecule has 1 saturated carbocycles. The minimum atomic E-state index is -0.975. The minimum Gasteiger partial charge on any atom is -0.478 e. The number of rotatable bonds is 2. The van der Waals surface area contributed by atoms with E-state index in [1.807, 2.05) is 24.3 Å². The van der Waals surface area contributed by atoms with Gasteiger partial charge < -0.3 is 10.4 Å². The van der Waals surface area contributed by atoms with E-state index in [4.69, 9.17) is 0 Å². The van der Waals surface area contributed by atoms with Gasteiger partial charge in [0.05, 0.1) is 11.0 Å². The number of carboxylic acid groups (broad SMARTS) is 1. The molecule has 22 heavy (non-hydrogen) atoms. The van der Waals surface area contributed by atoms with Crippen LogP contribution in [0.3, 0.4) is 0 Å². The Balaban J connectivity index is 1.81. The van der Waals surface area contributed by atoms with Crippen molar-refractivity contribution in [3.05, 3.63) is 63.6 Å². The summed E-state index contributed by atoms with van der Waals surface area (Å²) < 4.78 is 0.977. The number of hydrogen-bond acceptors (Lipinski definition) is 2. The van der Waals surface area contributed by atoms with Crippen LogP contribution in [0, 0.1) is 0 Å². The average Bonchev–Trinajstić information content (AvgIpc) is 3.17. The number of nitrogens with one attached hydrogen (secondary N) is 1. The summed E-state index contributed by atoms with van der Waals surface area (Å²) in [4.78, 5) is 23.7. The van der Waals surface area contributed by atoms with Gasteiger partial charge in [-0.2, -0.15) is 0 Å². The maximum Gasteiger partial charge on any atom is 0.335 e. The van der Waals surface area contributed by atoms with Gasteiger partial charge in [0.15, 0.2) is 0 Å². The molecule has 0 radical (unpaired) electrons. The number of amides is 1. The third kappa shape index (κ3) is 1.75. The van der Waals surface area contributed by atoms with E-state index < -0.39 is 11.4 Å². The SMILES string of the molecule is O=C(O)c1ccc2c(c1)C1(CC1c1cccc(Br)c1)C(=O)N2. The number of aromatic carboxylic acids is 1. The fourth-order valence-electron chi connectivity index (χ4n) is 3.45. The van der Waals surface area contributed by atoms with Crippen molar-refractivity contribution >= 4 is 33.5 Å². The molecule has 2 aromatic carbocycles. The van der Waals surface area contributed by atoms with Gasteiger partial charge in [0.1, 0.15) is 0 Å². The molecule has 1 fully saturated rings. The maximum absolute atomic E-state index is 12.5. The van der Waals surface area contributed by atoms with E-state index in [0.717, 1.165) is 21.3 Å². The topological polar surface area (TPSA) is 66.4 Å². The molecule has 1 heterocycles. The third-order valence-electron chi connectivity index (χ3n) is 4.61. The van der Waals surface area contributed by atoms with Crippen LogP contribution in [0.2, 0.25) is 0 Å². The van der Waals surface area contributed by atoms with Gasteiger partial charge in [0.2, 0.25) is 5.91 Å². The van der Waals surface area contributed by atoms with Gasteiger partial charge in [0.25, 0.3) is 0 Å². The van der Waals surface area contributed by atoms with Crippen molar-refractivity contribution in [2.75, 3.05) is 5.32 Å². The van der Waals surface area contributed by atoms with Gasteiger partial charge in [-0.25, -0.2) is 4.79 Å². The summed E-state index contributed by atoms with van der Waals surface area (Å²) in [7, 11) is 0. The zero-order valence-corrected chi connectivity index (χ0v) is 13.1. The molecule has 5 heteroatoms. The van der Waals surface area contributed by atoms with E-state index in [1.54, 1.807) is 12.1 Å². The number of carboxylic acids is 1. The second kappa shape index (κ2) is 4.43. The van der Waals surface area contributed by atoms with Crippen molar-refractivity contribution in [1.82, 2.24) is 0 Å². The molecule has 4 rings (SSSR count). The second-order valence-electron chi connectivity index (χ2n) is 5.80. The summed E-state index contributed by atoms with van der Waals surface area (Å²) in [6.07, 6.45) is 0.714. The molecule has 2 N–H and O–H groups in total. The number of benzene rings is 2. The number of carbonyl (C=O) groups excluding carboxylic acids is 1. The smallest absolute Gasteiger partial charge is 0.335 e. The van der Waals surface area contributed by atoms with Gasteiger partial charge in [-0.1, -0.05) is 28.1 Å². The molecule has 1 aliphatic carbocycles. The maximum atomic E-state index is 12.5.